The largest absolute Gasteiger partial charge is 0.332 e. The van der Waals surface area contributed by atoms with Crippen molar-refractivity contribution in [3.05, 3.63) is 74.8 Å². The highest BCUT2D eigenvalue weighted by Gasteiger charge is 2.09. The van der Waals surface area contributed by atoms with Gasteiger partial charge in [-0.15, -0.1) is 0 Å². The van der Waals surface area contributed by atoms with Crippen LogP contribution in [0, 0.1) is 0 Å². The van der Waals surface area contributed by atoms with Crippen molar-refractivity contribution in [3.63, 3.8) is 0 Å². The van der Waals surface area contributed by atoms with Crippen LogP contribution in [0.2, 0.25) is 10.0 Å². The predicted molar refractivity (Wildman–Crippen MR) is 112 cm³/mol. The summed E-state index contributed by atoms with van der Waals surface area (Å²) in [6, 6.07) is 15.2. The second-order valence-electron chi connectivity index (χ2n) is 5.22. The number of rotatable bonds is 4. The van der Waals surface area contributed by atoms with E-state index in [4.69, 9.17) is 35.4 Å². The maximum atomic E-state index is 6.05. The maximum absolute atomic E-state index is 6.05. The predicted octanol–water partition coefficient (Wildman–Crippen LogP) is 5.81. The Hall–Kier alpha value is -1.60. The van der Waals surface area contributed by atoms with Gasteiger partial charge in [0.25, 0.3) is 0 Å². The summed E-state index contributed by atoms with van der Waals surface area (Å²) in [5.41, 5.74) is 1.91. The lowest BCUT2D eigenvalue weighted by molar-refractivity contribution is 0.689. The summed E-state index contributed by atoms with van der Waals surface area (Å²) in [7, 11) is 0. The number of halogens is 3. The first kappa shape index (κ1) is 18.2. The average molecular weight is 456 g/mol. The molecule has 0 saturated heterocycles. The molecule has 4 nitrogen and oxygen atoms in total. The van der Waals surface area contributed by atoms with Crippen LogP contribution in [0.4, 0.5) is 11.5 Å². The van der Waals surface area contributed by atoms with Gasteiger partial charge in [-0.3, -0.25) is 4.68 Å². The lowest BCUT2D eigenvalue weighted by Crippen LogP contribution is -2.19. The standard InChI is InChI=1S/C17H13BrCl2N4S/c18-13-10-24(9-11-6-7-14(19)15(20)8-11)23-16(13)22-17(25)21-12-4-2-1-3-5-12/h1-8,10H,9H2,(H2,21,22,23,25). The first-order chi connectivity index (χ1) is 12.0. The number of hydrogen-bond acceptors (Lipinski definition) is 2. The van der Waals surface area contributed by atoms with Crippen LogP contribution >= 0.6 is 51.3 Å². The zero-order valence-electron chi connectivity index (χ0n) is 12.8. The Balaban J connectivity index is 1.67. The topological polar surface area (TPSA) is 41.9 Å². The molecule has 0 atom stereocenters. The summed E-state index contributed by atoms with van der Waals surface area (Å²) in [6.45, 7) is 0.566. The molecule has 1 aromatic heterocycles. The van der Waals surface area contributed by atoms with Crippen molar-refractivity contribution in [2.45, 2.75) is 6.54 Å². The molecule has 0 aliphatic heterocycles. The quantitative estimate of drug-likeness (QED) is 0.487. The molecule has 0 aliphatic carbocycles. The number of para-hydroxylation sites is 1. The molecule has 0 bridgehead atoms. The van der Waals surface area contributed by atoms with Crippen LogP contribution in [0.3, 0.4) is 0 Å². The van der Waals surface area contributed by atoms with E-state index in [1.165, 1.54) is 0 Å². The summed E-state index contributed by atoms with van der Waals surface area (Å²) in [5.74, 6) is 0.633. The number of aromatic nitrogens is 2. The van der Waals surface area contributed by atoms with E-state index < -0.39 is 0 Å². The van der Waals surface area contributed by atoms with Gasteiger partial charge in [-0.05, 0) is 58.0 Å². The molecule has 0 saturated carbocycles. The molecular formula is C17H13BrCl2N4S. The Morgan fingerprint density at radius 1 is 1.08 bits per heavy atom. The van der Waals surface area contributed by atoms with E-state index in [1.54, 1.807) is 10.7 Å². The minimum Gasteiger partial charge on any atom is -0.332 e. The van der Waals surface area contributed by atoms with Gasteiger partial charge in [0, 0.05) is 11.9 Å². The highest BCUT2D eigenvalue weighted by atomic mass is 79.9. The van der Waals surface area contributed by atoms with Crippen LogP contribution in [0.25, 0.3) is 0 Å². The fraction of sp³-hybridized carbons (Fsp3) is 0.0588. The fourth-order valence-corrected chi connectivity index (χ4v) is 3.13. The third-order valence-corrected chi connectivity index (χ3v) is 4.83. The second-order valence-corrected chi connectivity index (χ2v) is 7.29. The van der Waals surface area contributed by atoms with E-state index in [0.717, 1.165) is 15.7 Å². The van der Waals surface area contributed by atoms with E-state index in [1.807, 2.05) is 48.7 Å². The van der Waals surface area contributed by atoms with Crippen LogP contribution in [0.5, 0.6) is 0 Å². The minimum atomic E-state index is 0.465. The van der Waals surface area contributed by atoms with Gasteiger partial charge < -0.3 is 10.6 Å². The Morgan fingerprint density at radius 2 is 1.84 bits per heavy atom. The molecule has 3 rings (SSSR count). The van der Waals surface area contributed by atoms with Crippen LogP contribution in [0.15, 0.2) is 59.2 Å². The van der Waals surface area contributed by atoms with E-state index >= 15 is 0 Å². The SMILES string of the molecule is S=C(Nc1ccccc1)Nc1nn(Cc2ccc(Cl)c(Cl)c2)cc1Br. The fourth-order valence-electron chi connectivity index (χ4n) is 2.18. The van der Waals surface area contributed by atoms with E-state index in [9.17, 15) is 0 Å². The number of nitrogens with zero attached hydrogens (tertiary/aromatic N) is 2. The lowest BCUT2D eigenvalue weighted by atomic mass is 10.2. The molecule has 0 aliphatic rings. The molecule has 0 fully saturated rings. The van der Waals surface area contributed by atoms with Crippen LogP contribution in [-0.2, 0) is 6.54 Å². The summed E-state index contributed by atoms with van der Waals surface area (Å²) in [4.78, 5) is 0. The van der Waals surface area contributed by atoms with E-state index in [0.29, 0.717) is 27.5 Å². The number of hydrogen-bond donors (Lipinski definition) is 2. The molecule has 3 aromatic rings. The van der Waals surface area contributed by atoms with Crippen molar-refractivity contribution >= 4 is 68.0 Å². The number of thiocarbonyl (C=S) groups is 1. The molecule has 0 unspecified atom stereocenters. The van der Waals surface area contributed by atoms with Gasteiger partial charge >= 0.3 is 0 Å². The van der Waals surface area contributed by atoms with Crippen LogP contribution in [-0.4, -0.2) is 14.9 Å². The zero-order chi connectivity index (χ0) is 17.8. The Morgan fingerprint density at radius 3 is 2.56 bits per heavy atom. The molecule has 128 valence electrons. The molecule has 2 N–H and O–H groups in total. The van der Waals surface area contributed by atoms with Crippen molar-refractivity contribution in [2.75, 3.05) is 10.6 Å². The molecule has 8 heteroatoms. The highest BCUT2D eigenvalue weighted by molar-refractivity contribution is 9.10. The first-order valence-corrected chi connectivity index (χ1v) is 9.27. The van der Waals surface area contributed by atoms with Gasteiger partial charge in [0.05, 0.1) is 21.1 Å². The van der Waals surface area contributed by atoms with Crippen molar-refractivity contribution in [3.8, 4) is 0 Å². The maximum Gasteiger partial charge on any atom is 0.176 e. The van der Waals surface area contributed by atoms with Gasteiger partial charge in [0.2, 0.25) is 0 Å². The molecule has 0 spiro atoms. The lowest BCUT2D eigenvalue weighted by Gasteiger charge is -2.08. The van der Waals surface area contributed by atoms with Gasteiger partial charge in [0.15, 0.2) is 10.9 Å². The molecule has 1 heterocycles. The highest BCUT2D eigenvalue weighted by Crippen LogP contribution is 2.24. The minimum absolute atomic E-state index is 0.465. The van der Waals surface area contributed by atoms with Crippen LogP contribution < -0.4 is 10.6 Å². The Bertz CT molecular complexity index is 899. The van der Waals surface area contributed by atoms with E-state index in [-0.39, 0.29) is 0 Å². The Kier molecular flexibility index (Phi) is 5.96. The normalized spacial score (nSPS) is 10.5. The molecule has 0 amide bonds. The van der Waals surface area contributed by atoms with Crippen molar-refractivity contribution < 1.29 is 0 Å². The summed E-state index contributed by atoms with van der Waals surface area (Å²) < 4.78 is 2.60. The second kappa shape index (κ2) is 8.19. The molecule has 25 heavy (non-hydrogen) atoms. The summed E-state index contributed by atoms with van der Waals surface area (Å²) in [5, 5.41) is 12.2. The Labute approximate surface area is 169 Å². The van der Waals surface area contributed by atoms with Gasteiger partial charge in [0.1, 0.15) is 0 Å². The zero-order valence-corrected chi connectivity index (χ0v) is 16.8. The van der Waals surface area contributed by atoms with Crippen molar-refractivity contribution in [2.24, 2.45) is 0 Å². The molecule has 0 radical (unpaired) electrons. The third-order valence-electron chi connectivity index (χ3n) is 3.31. The molecular weight excluding hydrogens is 443 g/mol. The van der Waals surface area contributed by atoms with Gasteiger partial charge in [-0.1, -0.05) is 47.5 Å². The number of nitrogens with one attached hydrogen (secondary N) is 2. The smallest absolute Gasteiger partial charge is 0.176 e. The summed E-state index contributed by atoms with van der Waals surface area (Å²) >= 11 is 20.8. The third kappa shape index (κ3) is 4.95. The molecule has 2 aromatic carbocycles. The number of benzene rings is 2. The van der Waals surface area contributed by atoms with Gasteiger partial charge in [-0.2, -0.15) is 5.10 Å². The van der Waals surface area contributed by atoms with Crippen molar-refractivity contribution in [1.82, 2.24) is 9.78 Å². The first-order valence-electron chi connectivity index (χ1n) is 7.31. The monoisotopic (exact) mass is 454 g/mol. The van der Waals surface area contributed by atoms with Crippen LogP contribution in [0.1, 0.15) is 5.56 Å². The summed E-state index contributed by atoms with van der Waals surface area (Å²) in [6.07, 6.45) is 1.87. The van der Waals surface area contributed by atoms with E-state index in [2.05, 4.69) is 31.7 Å². The number of anilines is 2. The average Bonchev–Trinajstić information content (AvgIpc) is 2.91. The van der Waals surface area contributed by atoms with Crippen molar-refractivity contribution in [1.29, 1.82) is 0 Å². The van der Waals surface area contributed by atoms with Gasteiger partial charge in [-0.25, -0.2) is 0 Å².